The Bertz CT molecular complexity index is 1130. The Labute approximate surface area is 181 Å². The molecule has 0 aliphatic carbocycles. The Kier molecular flexibility index (Phi) is 5.93. The van der Waals surface area contributed by atoms with Gasteiger partial charge < -0.3 is 4.90 Å². The molecule has 30 heavy (non-hydrogen) atoms. The predicted octanol–water partition coefficient (Wildman–Crippen LogP) is 4.93. The molecule has 0 bridgehead atoms. The average molecular weight is 445 g/mol. The van der Waals surface area contributed by atoms with Crippen molar-refractivity contribution in [3.63, 3.8) is 0 Å². The minimum absolute atomic E-state index is 0.0749. The Morgan fingerprint density at radius 3 is 2.47 bits per heavy atom. The summed E-state index contributed by atoms with van der Waals surface area (Å²) >= 11 is 1.61. The number of benzene rings is 2. The van der Waals surface area contributed by atoms with Crippen molar-refractivity contribution in [3.8, 4) is 0 Å². The van der Waals surface area contributed by atoms with Crippen LogP contribution in [-0.2, 0) is 16.3 Å². The zero-order valence-corrected chi connectivity index (χ0v) is 18.8. The van der Waals surface area contributed by atoms with E-state index in [1.54, 1.807) is 11.3 Å². The van der Waals surface area contributed by atoms with Crippen molar-refractivity contribution >= 4 is 26.3 Å². The lowest BCUT2D eigenvalue weighted by Crippen LogP contribution is -2.39. The minimum atomic E-state index is -3.52. The van der Waals surface area contributed by atoms with Crippen LogP contribution in [-0.4, -0.2) is 31.7 Å². The van der Waals surface area contributed by atoms with Crippen LogP contribution in [0.3, 0.4) is 0 Å². The molecule has 1 aliphatic rings. The summed E-state index contributed by atoms with van der Waals surface area (Å²) < 4.78 is 39.2. The van der Waals surface area contributed by atoms with E-state index in [1.807, 2.05) is 0 Å². The predicted molar refractivity (Wildman–Crippen MR) is 120 cm³/mol. The standard InChI is InChI=1S/C23H25FN2O2S2/c1-16-10-17(2)12-18(11-16)13-20-15-29-23(25-20)26-8-6-21(7-9-26)30(27,28)22-5-3-4-19(24)14-22/h3-5,10-12,14-15,21H,6-9,13H2,1-2H3. The maximum absolute atomic E-state index is 13.5. The fraction of sp³-hybridized carbons (Fsp3) is 0.348. The fourth-order valence-electron chi connectivity index (χ4n) is 4.10. The number of anilines is 1. The molecule has 0 saturated carbocycles. The number of hydrogen-bond acceptors (Lipinski definition) is 5. The van der Waals surface area contributed by atoms with E-state index in [2.05, 4.69) is 42.3 Å². The first kappa shape index (κ1) is 21.0. The molecular weight excluding hydrogens is 419 g/mol. The summed E-state index contributed by atoms with van der Waals surface area (Å²) in [6, 6.07) is 11.8. The molecule has 2 heterocycles. The van der Waals surface area contributed by atoms with Crippen LogP contribution in [0.1, 0.15) is 35.2 Å². The molecule has 1 saturated heterocycles. The van der Waals surface area contributed by atoms with Crippen molar-refractivity contribution in [1.29, 1.82) is 0 Å². The highest BCUT2D eigenvalue weighted by Crippen LogP contribution is 2.30. The third-order valence-corrected chi connectivity index (χ3v) is 8.69. The van der Waals surface area contributed by atoms with Gasteiger partial charge in [0, 0.05) is 24.9 Å². The highest BCUT2D eigenvalue weighted by molar-refractivity contribution is 7.92. The largest absolute Gasteiger partial charge is 0.348 e. The van der Waals surface area contributed by atoms with Crippen LogP contribution in [0.4, 0.5) is 9.52 Å². The number of sulfone groups is 1. The molecule has 0 unspecified atom stereocenters. The lowest BCUT2D eigenvalue weighted by molar-refractivity contribution is 0.528. The minimum Gasteiger partial charge on any atom is -0.348 e. The fourth-order valence-corrected chi connectivity index (χ4v) is 6.74. The molecular formula is C23H25FN2O2S2. The van der Waals surface area contributed by atoms with Crippen molar-refractivity contribution < 1.29 is 12.8 Å². The first-order valence-corrected chi connectivity index (χ1v) is 12.5. The molecule has 0 radical (unpaired) electrons. The summed E-state index contributed by atoms with van der Waals surface area (Å²) in [6.07, 6.45) is 1.83. The van der Waals surface area contributed by atoms with Crippen molar-refractivity contribution in [2.75, 3.05) is 18.0 Å². The van der Waals surface area contributed by atoms with Gasteiger partial charge in [-0.15, -0.1) is 11.3 Å². The van der Waals surface area contributed by atoms with Crippen LogP contribution in [0.2, 0.25) is 0 Å². The van der Waals surface area contributed by atoms with Gasteiger partial charge in [0.05, 0.1) is 15.8 Å². The quantitative estimate of drug-likeness (QED) is 0.560. The normalized spacial score (nSPS) is 15.5. The van der Waals surface area contributed by atoms with E-state index < -0.39 is 20.9 Å². The maximum Gasteiger partial charge on any atom is 0.185 e. The summed E-state index contributed by atoms with van der Waals surface area (Å²) in [5.41, 5.74) is 4.79. The van der Waals surface area contributed by atoms with E-state index in [0.717, 1.165) is 23.3 Å². The SMILES string of the molecule is Cc1cc(C)cc(Cc2csc(N3CCC(S(=O)(=O)c4cccc(F)c4)CC3)n2)c1. The number of rotatable bonds is 5. The van der Waals surface area contributed by atoms with E-state index in [0.29, 0.717) is 25.9 Å². The molecule has 4 nitrogen and oxygen atoms in total. The zero-order valence-electron chi connectivity index (χ0n) is 17.1. The van der Waals surface area contributed by atoms with Crippen molar-refractivity contribution in [2.45, 2.75) is 43.3 Å². The van der Waals surface area contributed by atoms with E-state index >= 15 is 0 Å². The molecule has 158 valence electrons. The van der Waals surface area contributed by atoms with Crippen molar-refractivity contribution in [2.24, 2.45) is 0 Å². The van der Waals surface area contributed by atoms with Gasteiger partial charge in [-0.3, -0.25) is 0 Å². The third kappa shape index (κ3) is 4.57. The topological polar surface area (TPSA) is 50.3 Å². The van der Waals surface area contributed by atoms with Gasteiger partial charge in [0.15, 0.2) is 15.0 Å². The first-order valence-electron chi connectivity index (χ1n) is 10.1. The smallest absolute Gasteiger partial charge is 0.185 e. The first-order chi connectivity index (χ1) is 14.3. The molecule has 0 spiro atoms. The van der Waals surface area contributed by atoms with Crippen LogP contribution < -0.4 is 4.90 Å². The van der Waals surface area contributed by atoms with Gasteiger partial charge >= 0.3 is 0 Å². The zero-order chi connectivity index (χ0) is 21.3. The van der Waals surface area contributed by atoms with E-state index in [1.165, 1.54) is 34.9 Å². The van der Waals surface area contributed by atoms with Crippen molar-refractivity contribution in [3.05, 3.63) is 76.0 Å². The summed E-state index contributed by atoms with van der Waals surface area (Å²) in [6.45, 7) is 5.47. The second kappa shape index (κ2) is 8.47. The third-order valence-electron chi connectivity index (χ3n) is 5.48. The monoisotopic (exact) mass is 444 g/mol. The number of halogens is 1. The van der Waals surface area contributed by atoms with Gasteiger partial charge in [-0.05, 0) is 50.5 Å². The van der Waals surface area contributed by atoms with Crippen LogP contribution in [0.5, 0.6) is 0 Å². The lowest BCUT2D eigenvalue weighted by Gasteiger charge is -2.31. The highest BCUT2D eigenvalue weighted by Gasteiger charge is 2.32. The Morgan fingerprint density at radius 1 is 1.10 bits per heavy atom. The van der Waals surface area contributed by atoms with Crippen molar-refractivity contribution in [1.82, 2.24) is 4.98 Å². The second-order valence-electron chi connectivity index (χ2n) is 7.98. The van der Waals surface area contributed by atoms with E-state index in [4.69, 9.17) is 4.98 Å². The Morgan fingerprint density at radius 2 is 1.80 bits per heavy atom. The van der Waals surface area contributed by atoms with Crippen LogP contribution in [0.25, 0.3) is 0 Å². The van der Waals surface area contributed by atoms with Crippen LogP contribution in [0, 0.1) is 19.7 Å². The van der Waals surface area contributed by atoms with Gasteiger partial charge in [0.1, 0.15) is 5.82 Å². The number of hydrogen-bond donors (Lipinski definition) is 0. The molecule has 0 amide bonds. The van der Waals surface area contributed by atoms with E-state index in [-0.39, 0.29) is 4.90 Å². The molecule has 0 N–H and O–H groups in total. The molecule has 3 aromatic rings. The van der Waals surface area contributed by atoms with Crippen LogP contribution >= 0.6 is 11.3 Å². The summed E-state index contributed by atoms with van der Waals surface area (Å²) in [5.74, 6) is -0.521. The Hall–Kier alpha value is -2.25. The van der Waals surface area contributed by atoms with Gasteiger partial charge in [0.2, 0.25) is 0 Å². The molecule has 1 aromatic heterocycles. The van der Waals surface area contributed by atoms with Gasteiger partial charge in [-0.1, -0.05) is 35.4 Å². The number of piperidine rings is 1. The van der Waals surface area contributed by atoms with Crippen LogP contribution in [0.15, 0.2) is 52.7 Å². The molecule has 7 heteroatoms. The van der Waals surface area contributed by atoms with Gasteiger partial charge in [-0.2, -0.15) is 0 Å². The van der Waals surface area contributed by atoms with Gasteiger partial charge in [0.25, 0.3) is 0 Å². The second-order valence-corrected chi connectivity index (χ2v) is 11.0. The summed E-state index contributed by atoms with van der Waals surface area (Å²) in [5, 5.41) is 2.55. The molecule has 1 fully saturated rings. The average Bonchev–Trinajstić information content (AvgIpc) is 3.16. The number of aryl methyl sites for hydroxylation is 2. The highest BCUT2D eigenvalue weighted by atomic mass is 32.2. The molecule has 1 aliphatic heterocycles. The van der Waals surface area contributed by atoms with E-state index in [9.17, 15) is 12.8 Å². The number of nitrogens with zero attached hydrogens (tertiary/aromatic N) is 2. The lowest BCUT2D eigenvalue weighted by atomic mass is 10.0. The molecule has 2 aromatic carbocycles. The summed E-state index contributed by atoms with van der Waals surface area (Å²) in [4.78, 5) is 7.03. The number of thiazole rings is 1. The van der Waals surface area contributed by atoms with Gasteiger partial charge in [-0.25, -0.2) is 17.8 Å². The number of aromatic nitrogens is 1. The molecule has 4 rings (SSSR count). The molecule has 0 atom stereocenters. The Balaban J connectivity index is 1.41. The maximum atomic E-state index is 13.5. The summed E-state index contributed by atoms with van der Waals surface area (Å²) in [7, 11) is -3.52.